The molecule has 16 heavy (non-hydrogen) atoms. The summed E-state index contributed by atoms with van der Waals surface area (Å²) < 4.78 is 4.21. The molecule has 84 valence electrons. The maximum Gasteiger partial charge on any atom is 0.107 e. The number of hydrogen-bond acceptors (Lipinski definition) is 2. The minimum atomic E-state index is 0.883. The standard InChI is InChI=1S/C11H11BrIN3/c1-2-16-11(12)9(6-15-16)5-8-3-4-14-7-10(8)13/h3-4,6-7H,2,5H2,1H3. The van der Waals surface area contributed by atoms with Gasteiger partial charge >= 0.3 is 0 Å². The first-order chi connectivity index (χ1) is 7.72. The normalized spacial score (nSPS) is 10.7. The Hall–Kier alpha value is -0.430. The Kier molecular flexibility index (Phi) is 3.96. The van der Waals surface area contributed by atoms with Crippen LogP contribution in [0.3, 0.4) is 0 Å². The second kappa shape index (κ2) is 5.27. The fourth-order valence-electron chi connectivity index (χ4n) is 1.50. The smallest absolute Gasteiger partial charge is 0.107 e. The molecule has 0 aromatic carbocycles. The van der Waals surface area contributed by atoms with Crippen LogP contribution in [0.15, 0.2) is 29.3 Å². The molecule has 0 aliphatic rings. The topological polar surface area (TPSA) is 30.7 Å². The van der Waals surface area contributed by atoms with Crippen LogP contribution in [0, 0.1) is 3.57 Å². The van der Waals surface area contributed by atoms with Crippen molar-refractivity contribution in [1.29, 1.82) is 0 Å². The van der Waals surface area contributed by atoms with E-state index in [1.165, 1.54) is 14.7 Å². The van der Waals surface area contributed by atoms with Crippen LogP contribution >= 0.6 is 38.5 Å². The molecule has 0 aliphatic heterocycles. The van der Waals surface area contributed by atoms with Gasteiger partial charge in [-0.3, -0.25) is 9.67 Å². The fourth-order valence-corrected chi connectivity index (χ4v) is 2.62. The van der Waals surface area contributed by atoms with E-state index in [4.69, 9.17) is 0 Å². The van der Waals surface area contributed by atoms with E-state index in [1.807, 2.05) is 23.3 Å². The molecule has 0 atom stereocenters. The van der Waals surface area contributed by atoms with Gasteiger partial charge in [0.2, 0.25) is 0 Å². The molecule has 0 unspecified atom stereocenters. The first-order valence-electron chi connectivity index (χ1n) is 5.01. The molecule has 2 heterocycles. The van der Waals surface area contributed by atoms with Gasteiger partial charge in [0.1, 0.15) is 4.60 Å². The average molecular weight is 392 g/mol. The summed E-state index contributed by atoms with van der Waals surface area (Å²) in [6, 6.07) is 2.05. The van der Waals surface area contributed by atoms with Gasteiger partial charge in [0.15, 0.2) is 0 Å². The largest absolute Gasteiger partial charge is 0.264 e. The SMILES string of the molecule is CCn1ncc(Cc2ccncc2I)c1Br. The lowest BCUT2D eigenvalue weighted by atomic mass is 10.1. The van der Waals surface area contributed by atoms with Gasteiger partial charge in [-0.25, -0.2) is 0 Å². The van der Waals surface area contributed by atoms with E-state index in [0.29, 0.717) is 0 Å². The lowest BCUT2D eigenvalue weighted by molar-refractivity contribution is 0.644. The van der Waals surface area contributed by atoms with Crippen molar-refractivity contribution in [2.45, 2.75) is 19.9 Å². The average Bonchev–Trinajstić information content (AvgIpc) is 2.63. The van der Waals surface area contributed by atoms with Crippen molar-refractivity contribution in [1.82, 2.24) is 14.8 Å². The molecule has 5 heteroatoms. The molecule has 0 aliphatic carbocycles. The minimum Gasteiger partial charge on any atom is -0.264 e. The highest BCUT2D eigenvalue weighted by molar-refractivity contribution is 14.1. The van der Waals surface area contributed by atoms with Crippen LogP contribution in [0.1, 0.15) is 18.1 Å². The van der Waals surface area contributed by atoms with Crippen LogP contribution in [0.2, 0.25) is 0 Å². The van der Waals surface area contributed by atoms with Gasteiger partial charge < -0.3 is 0 Å². The Morgan fingerprint density at radius 3 is 2.81 bits per heavy atom. The number of halogens is 2. The molecule has 0 radical (unpaired) electrons. The molecule has 0 bridgehead atoms. The van der Waals surface area contributed by atoms with E-state index in [9.17, 15) is 0 Å². The Labute approximate surface area is 117 Å². The zero-order valence-corrected chi connectivity index (χ0v) is 12.6. The van der Waals surface area contributed by atoms with E-state index in [0.717, 1.165) is 17.6 Å². The summed E-state index contributed by atoms with van der Waals surface area (Å²) in [6.45, 7) is 2.96. The lowest BCUT2D eigenvalue weighted by Crippen LogP contribution is -1.97. The Bertz CT molecular complexity index is 496. The van der Waals surface area contributed by atoms with E-state index in [2.05, 4.69) is 61.6 Å². The second-order valence-corrected chi connectivity index (χ2v) is 5.33. The zero-order valence-electron chi connectivity index (χ0n) is 8.82. The molecule has 0 spiro atoms. The second-order valence-electron chi connectivity index (χ2n) is 3.42. The van der Waals surface area contributed by atoms with Crippen LogP contribution in [0.5, 0.6) is 0 Å². The van der Waals surface area contributed by atoms with E-state index in [-0.39, 0.29) is 0 Å². The summed E-state index contributed by atoms with van der Waals surface area (Å²) in [5, 5.41) is 4.31. The van der Waals surface area contributed by atoms with Gasteiger partial charge in [-0.15, -0.1) is 0 Å². The third-order valence-corrected chi connectivity index (χ3v) is 4.27. The van der Waals surface area contributed by atoms with Crippen molar-refractivity contribution >= 4 is 38.5 Å². The van der Waals surface area contributed by atoms with Crippen molar-refractivity contribution in [3.8, 4) is 0 Å². The molecular formula is C11H11BrIN3. The van der Waals surface area contributed by atoms with Gasteiger partial charge in [-0.2, -0.15) is 5.10 Å². The highest BCUT2D eigenvalue weighted by atomic mass is 127. The number of hydrogen-bond donors (Lipinski definition) is 0. The minimum absolute atomic E-state index is 0.883. The highest BCUT2D eigenvalue weighted by Gasteiger charge is 2.09. The summed E-state index contributed by atoms with van der Waals surface area (Å²) in [4.78, 5) is 4.09. The molecular weight excluding hydrogens is 381 g/mol. The summed E-state index contributed by atoms with van der Waals surface area (Å²) >= 11 is 5.89. The van der Waals surface area contributed by atoms with Gasteiger partial charge in [0, 0.05) is 34.5 Å². The maximum atomic E-state index is 4.31. The number of rotatable bonds is 3. The van der Waals surface area contributed by atoms with Crippen LogP contribution in [-0.4, -0.2) is 14.8 Å². The van der Waals surface area contributed by atoms with Gasteiger partial charge in [0.05, 0.1) is 6.20 Å². The fraction of sp³-hybridized carbons (Fsp3) is 0.273. The van der Waals surface area contributed by atoms with Crippen LogP contribution in [0.4, 0.5) is 0 Å². The Balaban J connectivity index is 2.27. The molecule has 2 rings (SSSR count). The first-order valence-corrected chi connectivity index (χ1v) is 6.88. The third-order valence-electron chi connectivity index (χ3n) is 2.38. The van der Waals surface area contributed by atoms with Crippen LogP contribution in [-0.2, 0) is 13.0 Å². The van der Waals surface area contributed by atoms with E-state index < -0.39 is 0 Å². The molecule has 2 aromatic rings. The predicted octanol–water partition coefficient (Wildman–Crippen LogP) is 3.26. The molecule has 0 fully saturated rings. The number of pyridine rings is 1. The molecule has 0 saturated heterocycles. The van der Waals surface area contributed by atoms with Crippen molar-refractivity contribution in [3.63, 3.8) is 0 Å². The summed E-state index contributed by atoms with van der Waals surface area (Å²) in [7, 11) is 0. The lowest BCUT2D eigenvalue weighted by Gasteiger charge is -2.03. The molecule has 2 aromatic heterocycles. The number of nitrogens with zero attached hydrogens (tertiary/aromatic N) is 3. The molecule has 0 N–H and O–H groups in total. The van der Waals surface area contributed by atoms with Gasteiger partial charge in [-0.1, -0.05) is 0 Å². The van der Waals surface area contributed by atoms with E-state index >= 15 is 0 Å². The first kappa shape index (κ1) is 12.0. The van der Waals surface area contributed by atoms with Crippen molar-refractivity contribution in [3.05, 3.63) is 44.0 Å². The third kappa shape index (κ3) is 2.45. The molecule has 0 saturated carbocycles. The van der Waals surface area contributed by atoms with Gasteiger partial charge in [-0.05, 0) is 57.1 Å². The molecule has 0 amide bonds. The van der Waals surface area contributed by atoms with E-state index in [1.54, 1.807) is 0 Å². The summed E-state index contributed by atoms with van der Waals surface area (Å²) in [5.74, 6) is 0. The van der Waals surface area contributed by atoms with Crippen LogP contribution < -0.4 is 0 Å². The van der Waals surface area contributed by atoms with Crippen molar-refractivity contribution < 1.29 is 0 Å². The number of aromatic nitrogens is 3. The maximum absolute atomic E-state index is 4.31. The summed E-state index contributed by atoms with van der Waals surface area (Å²) in [5.41, 5.74) is 2.50. The van der Waals surface area contributed by atoms with Crippen LogP contribution in [0.25, 0.3) is 0 Å². The quantitative estimate of drug-likeness (QED) is 0.752. The summed E-state index contributed by atoms with van der Waals surface area (Å²) in [6.07, 6.45) is 6.52. The monoisotopic (exact) mass is 391 g/mol. The van der Waals surface area contributed by atoms with Crippen molar-refractivity contribution in [2.24, 2.45) is 0 Å². The number of aryl methyl sites for hydroxylation is 1. The Morgan fingerprint density at radius 2 is 2.19 bits per heavy atom. The predicted molar refractivity (Wildman–Crippen MR) is 75.4 cm³/mol. The Morgan fingerprint density at radius 1 is 1.38 bits per heavy atom. The van der Waals surface area contributed by atoms with Gasteiger partial charge in [0.25, 0.3) is 0 Å². The molecule has 3 nitrogen and oxygen atoms in total. The highest BCUT2D eigenvalue weighted by Crippen LogP contribution is 2.21. The van der Waals surface area contributed by atoms with Crippen molar-refractivity contribution in [2.75, 3.05) is 0 Å². The zero-order chi connectivity index (χ0) is 11.5.